The summed E-state index contributed by atoms with van der Waals surface area (Å²) in [5.74, 6) is 0.358. The number of ether oxygens (including phenoxy) is 1. The van der Waals surface area contributed by atoms with Crippen molar-refractivity contribution >= 4 is 39.3 Å². The summed E-state index contributed by atoms with van der Waals surface area (Å²) in [5, 5.41) is 13.4. The predicted octanol–water partition coefficient (Wildman–Crippen LogP) is 3.77. The number of anilines is 1. The number of non-ortho nitro benzene ring substituents is 1. The van der Waals surface area contributed by atoms with Crippen LogP contribution in [0.3, 0.4) is 0 Å². The molecule has 0 saturated heterocycles. The molecule has 0 aromatic heterocycles. The third-order valence-electron chi connectivity index (χ3n) is 3.29. The lowest BCUT2D eigenvalue weighted by Crippen LogP contribution is -2.21. The van der Waals surface area contributed by atoms with Crippen LogP contribution in [-0.2, 0) is 4.79 Å². The molecular weight excluding hydrogens is 364 g/mol. The first-order valence-corrected chi connectivity index (χ1v) is 7.51. The minimum atomic E-state index is -0.508. The number of nitro groups is 1. The SMILES string of the molecule is O=C(Nc1cccc([N+](=O)[O-])c1)C1=Cc2cc(Br)ccc2OC1. The molecular formula is C16H11BrN2O4. The molecule has 3 rings (SSSR count). The summed E-state index contributed by atoms with van der Waals surface area (Å²) in [6, 6.07) is 11.3. The summed E-state index contributed by atoms with van der Waals surface area (Å²) in [6.45, 7) is 0.148. The topological polar surface area (TPSA) is 81.5 Å². The highest BCUT2D eigenvalue weighted by molar-refractivity contribution is 9.10. The highest BCUT2D eigenvalue weighted by Crippen LogP contribution is 2.29. The van der Waals surface area contributed by atoms with E-state index in [-0.39, 0.29) is 18.2 Å². The van der Waals surface area contributed by atoms with E-state index in [1.807, 2.05) is 18.2 Å². The minimum absolute atomic E-state index is 0.0778. The van der Waals surface area contributed by atoms with E-state index in [0.717, 1.165) is 10.0 Å². The molecule has 6 nitrogen and oxygen atoms in total. The van der Waals surface area contributed by atoms with E-state index >= 15 is 0 Å². The Morgan fingerprint density at radius 1 is 1.26 bits per heavy atom. The van der Waals surface area contributed by atoms with Crippen LogP contribution in [0.15, 0.2) is 52.5 Å². The third kappa shape index (κ3) is 3.40. The van der Waals surface area contributed by atoms with Crippen LogP contribution in [0.5, 0.6) is 5.75 Å². The number of halogens is 1. The van der Waals surface area contributed by atoms with Crippen LogP contribution in [0.1, 0.15) is 5.56 Å². The summed E-state index contributed by atoms with van der Waals surface area (Å²) in [4.78, 5) is 22.6. The number of nitro benzene ring substituents is 1. The van der Waals surface area contributed by atoms with Gasteiger partial charge < -0.3 is 10.1 Å². The Morgan fingerprint density at radius 2 is 2.09 bits per heavy atom. The van der Waals surface area contributed by atoms with Gasteiger partial charge in [-0.05, 0) is 30.3 Å². The van der Waals surface area contributed by atoms with Gasteiger partial charge in [-0.1, -0.05) is 22.0 Å². The number of benzene rings is 2. The van der Waals surface area contributed by atoms with Crippen LogP contribution in [0.2, 0.25) is 0 Å². The first-order chi connectivity index (χ1) is 11.0. The van der Waals surface area contributed by atoms with Crippen LogP contribution < -0.4 is 10.1 Å². The molecule has 0 fully saturated rings. The number of hydrogen-bond acceptors (Lipinski definition) is 4. The highest BCUT2D eigenvalue weighted by atomic mass is 79.9. The second-order valence-corrected chi connectivity index (χ2v) is 5.82. The molecule has 1 amide bonds. The van der Waals surface area contributed by atoms with Crippen LogP contribution in [-0.4, -0.2) is 17.4 Å². The van der Waals surface area contributed by atoms with Gasteiger partial charge in [0, 0.05) is 27.9 Å². The van der Waals surface area contributed by atoms with E-state index in [4.69, 9.17) is 4.74 Å². The molecule has 116 valence electrons. The molecule has 0 saturated carbocycles. The molecule has 0 spiro atoms. The summed E-state index contributed by atoms with van der Waals surface area (Å²) in [7, 11) is 0. The molecule has 2 aromatic carbocycles. The maximum absolute atomic E-state index is 12.3. The number of nitrogens with zero attached hydrogens (tertiary/aromatic N) is 1. The van der Waals surface area contributed by atoms with Crippen molar-refractivity contribution in [1.29, 1.82) is 0 Å². The molecule has 1 N–H and O–H groups in total. The summed E-state index contributed by atoms with van der Waals surface area (Å²) in [6.07, 6.45) is 1.75. The van der Waals surface area contributed by atoms with Crippen molar-refractivity contribution in [2.45, 2.75) is 0 Å². The fraction of sp³-hybridized carbons (Fsp3) is 0.0625. The number of hydrogen-bond donors (Lipinski definition) is 1. The van der Waals surface area contributed by atoms with Crippen molar-refractivity contribution in [3.8, 4) is 5.75 Å². The number of nitrogens with one attached hydrogen (secondary N) is 1. The standard InChI is InChI=1S/C16H11BrN2O4/c17-12-4-5-15-10(7-12)6-11(9-23-15)16(20)18-13-2-1-3-14(8-13)19(21)22/h1-8H,9H2,(H,18,20). The lowest BCUT2D eigenvalue weighted by molar-refractivity contribution is -0.384. The van der Waals surface area contributed by atoms with E-state index in [2.05, 4.69) is 21.2 Å². The van der Waals surface area contributed by atoms with Gasteiger partial charge in [0.25, 0.3) is 11.6 Å². The smallest absolute Gasteiger partial charge is 0.271 e. The Labute approximate surface area is 140 Å². The second-order valence-electron chi connectivity index (χ2n) is 4.90. The Bertz CT molecular complexity index is 833. The zero-order chi connectivity index (χ0) is 16.4. The molecule has 0 bridgehead atoms. The average Bonchev–Trinajstić information content (AvgIpc) is 2.54. The molecule has 1 aliphatic rings. The van der Waals surface area contributed by atoms with Crippen LogP contribution in [0.4, 0.5) is 11.4 Å². The Balaban J connectivity index is 1.81. The van der Waals surface area contributed by atoms with E-state index in [9.17, 15) is 14.9 Å². The third-order valence-corrected chi connectivity index (χ3v) is 3.78. The number of rotatable bonds is 3. The second kappa shape index (κ2) is 6.21. The molecule has 2 aromatic rings. The van der Waals surface area contributed by atoms with E-state index in [1.54, 1.807) is 12.1 Å². The molecule has 1 aliphatic heterocycles. The summed E-state index contributed by atoms with van der Waals surface area (Å²) < 4.78 is 6.44. The normalized spacial score (nSPS) is 12.7. The van der Waals surface area contributed by atoms with Gasteiger partial charge in [0.05, 0.1) is 10.5 Å². The van der Waals surface area contributed by atoms with Gasteiger partial charge >= 0.3 is 0 Å². The van der Waals surface area contributed by atoms with Crippen molar-refractivity contribution < 1.29 is 14.5 Å². The van der Waals surface area contributed by atoms with Crippen molar-refractivity contribution in [2.75, 3.05) is 11.9 Å². The number of carbonyl (C=O) groups excluding carboxylic acids is 1. The predicted molar refractivity (Wildman–Crippen MR) is 89.3 cm³/mol. The highest BCUT2D eigenvalue weighted by Gasteiger charge is 2.18. The zero-order valence-electron chi connectivity index (χ0n) is 11.8. The first kappa shape index (κ1) is 15.2. The van der Waals surface area contributed by atoms with Gasteiger partial charge in [-0.2, -0.15) is 0 Å². The molecule has 0 aliphatic carbocycles. The van der Waals surface area contributed by atoms with Gasteiger partial charge in [-0.25, -0.2) is 0 Å². The lowest BCUT2D eigenvalue weighted by atomic mass is 10.1. The zero-order valence-corrected chi connectivity index (χ0v) is 13.4. The van der Waals surface area contributed by atoms with Crippen LogP contribution in [0.25, 0.3) is 6.08 Å². The van der Waals surface area contributed by atoms with E-state index < -0.39 is 4.92 Å². The van der Waals surface area contributed by atoms with Gasteiger partial charge in [0.2, 0.25) is 0 Å². The van der Waals surface area contributed by atoms with E-state index in [1.165, 1.54) is 18.2 Å². The number of amides is 1. The largest absolute Gasteiger partial charge is 0.488 e. The van der Waals surface area contributed by atoms with Gasteiger partial charge in [0.15, 0.2) is 0 Å². The quantitative estimate of drug-likeness (QED) is 0.654. The first-order valence-electron chi connectivity index (χ1n) is 6.71. The van der Waals surface area contributed by atoms with Gasteiger partial charge in [0.1, 0.15) is 12.4 Å². The van der Waals surface area contributed by atoms with Crippen molar-refractivity contribution in [3.05, 3.63) is 68.2 Å². The molecule has 0 radical (unpaired) electrons. The van der Waals surface area contributed by atoms with E-state index in [0.29, 0.717) is 17.0 Å². The molecule has 0 atom stereocenters. The Morgan fingerprint density at radius 3 is 2.87 bits per heavy atom. The Hall–Kier alpha value is -2.67. The molecule has 1 heterocycles. The monoisotopic (exact) mass is 374 g/mol. The molecule has 7 heteroatoms. The van der Waals surface area contributed by atoms with Crippen molar-refractivity contribution in [2.24, 2.45) is 0 Å². The average molecular weight is 375 g/mol. The van der Waals surface area contributed by atoms with Gasteiger partial charge in [-0.3, -0.25) is 14.9 Å². The van der Waals surface area contributed by atoms with Crippen LogP contribution >= 0.6 is 15.9 Å². The van der Waals surface area contributed by atoms with Crippen molar-refractivity contribution in [3.63, 3.8) is 0 Å². The maximum atomic E-state index is 12.3. The van der Waals surface area contributed by atoms with Crippen LogP contribution in [0, 0.1) is 10.1 Å². The fourth-order valence-corrected chi connectivity index (χ4v) is 2.57. The number of fused-ring (bicyclic) bond motifs is 1. The lowest BCUT2D eigenvalue weighted by Gasteiger charge is -2.17. The summed E-state index contributed by atoms with van der Waals surface area (Å²) in [5.41, 5.74) is 1.54. The van der Waals surface area contributed by atoms with Crippen molar-refractivity contribution in [1.82, 2.24) is 0 Å². The molecule has 23 heavy (non-hydrogen) atoms. The summed E-state index contributed by atoms with van der Waals surface area (Å²) >= 11 is 3.37. The minimum Gasteiger partial charge on any atom is -0.488 e. The maximum Gasteiger partial charge on any atom is 0.271 e. The molecule has 0 unspecified atom stereocenters. The Kier molecular flexibility index (Phi) is 4.12. The van der Waals surface area contributed by atoms with Gasteiger partial charge in [-0.15, -0.1) is 0 Å². The fourth-order valence-electron chi connectivity index (χ4n) is 2.19. The number of carbonyl (C=O) groups is 1.